The van der Waals surface area contributed by atoms with E-state index in [9.17, 15) is 0 Å². The van der Waals surface area contributed by atoms with Gasteiger partial charge in [-0.2, -0.15) is 0 Å². The molecule has 0 aliphatic heterocycles. The highest BCUT2D eigenvalue weighted by Crippen LogP contribution is 2.22. The first kappa shape index (κ1) is 21.7. The molecule has 0 bridgehead atoms. The Morgan fingerprint density at radius 3 is 2.64 bits per heavy atom. The lowest BCUT2D eigenvalue weighted by Crippen LogP contribution is -2.38. The maximum absolute atomic E-state index is 5.97. The lowest BCUT2D eigenvalue weighted by molar-refractivity contribution is 0.240. The lowest BCUT2D eigenvalue weighted by Gasteiger charge is -2.15. The first-order valence-electron chi connectivity index (χ1n) is 10.0. The topological polar surface area (TPSA) is 76.4 Å². The highest BCUT2D eigenvalue weighted by Gasteiger charge is 2.09. The Labute approximate surface area is 168 Å². The van der Waals surface area contributed by atoms with Gasteiger partial charge in [-0.25, -0.2) is 4.99 Å². The van der Waals surface area contributed by atoms with Crippen LogP contribution in [-0.2, 0) is 20.1 Å². The molecular weight excluding hydrogens is 352 g/mol. The Balaban J connectivity index is 2.11. The van der Waals surface area contributed by atoms with E-state index in [1.54, 1.807) is 0 Å². The van der Waals surface area contributed by atoms with Crippen molar-refractivity contribution in [2.24, 2.45) is 12.0 Å². The third kappa shape index (κ3) is 6.55. The maximum atomic E-state index is 5.97. The molecule has 7 heteroatoms. The molecule has 0 spiro atoms. The predicted molar refractivity (Wildman–Crippen MR) is 114 cm³/mol. The van der Waals surface area contributed by atoms with Gasteiger partial charge in [0.25, 0.3) is 0 Å². The molecule has 0 unspecified atom stereocenters. The Morgan fingerprint density at radius 1 is 1.21 bits per heavy atom. The largest absolute Gasteiger partial charge is 0.491 e. The second-order valence-corrected chi connectivity index (χ2v) is 7.30. The van der Waals surface area contributed by atoms with Gasteiger partial charge in [0.15, 0.2) is 11.8 Å². The number of unbranched alkanes of at least 4 members (excludes halogenated alkanes) is 1. The van der Waals surface area contributed by atoms with Crippen LogP contribution in [0.15, 0.2) is 23.2 Å². The number of aryl methyl sites for hydroxylation is 2. The average molecular weight is 387 g/mol. The molecule has 1 aromatic carbocycles. The monoisotopic (exact) mass is 386 g/mol. The predicted octanol–water partition coefficient (Wildman–Crippen LogP) is 3.25. The van der Waals surface area contributed by atoms with E-state index in [4.69, 9.17) is 9.73 Å². The van der Waals surface area contributed by atoms with Crippen molar-refractivity contribution in [3.05, 3.63) is 41.0 Å². The number of nitrogens with zero attached hydrogens (tertiary/aromatic N) is 4. The minimum atomic E-state index is 0.129. The van der Waals surface area contributed by atoms with E-state index < -0.39 is 0 Å². The fraction of sp³-hybridized carbons (Fsp3) is 0.571. The van der Waals surface area contributed by atoms with Crippen LogP contribution in [0.2, 0.25) is 0 Å². The van der Waals surface area contributed by atoms with Crippen LogP contribution in [0, 0.1) is 13.8 Å². The number of hydrogen-bond donors (Lipinski definition) is 2. The van der Waals surface area contributed by atoms with Gasteiger partial charge in [0.2, 0.25) is 0 Å². The van der Waals surface area contributed by atoms with Crippen LogP contribution >= 0.6 is 0 Å². The van der Waals surface area contributed by atoms with Crippen LogP contribution in [0.1, 0.15) is 56.4 Å². The standard InChI is InChI=1S/C21H34N6O/c1-7-8-11-22-21(24-14-20-26-25-17(5)27(20)6)23-13-18-10-9-16(4)12-19(18)28-15(2)3/h9-10,12,15H,7-8,11,13-14H2,1-6H3,(H2,22,23,24). The summed E-state index contributed by atoms with van der Waals surface area (Å²) in [7, 11) is 1.97. The van der Waals surface area contributed by atoms with Crippen LogP contribution in [0.4, 0.5) is 0 Å². The zero-order valence-corrected chi connectivity index (χ0v) is 18.0. The van der Waals surface area contributed by atoms with Crippen LogP contribution in [0.3, 0.4) is 0 Å². The van der Waals surface area contributed by atoms with Gasteiger partial charge in [0.05, 0.1) is 19.2 Å². The third-order valence-corrected chi connectivity index (χ3v) is 4.41. The average Bonchev–Trinajstić information content (AvgIpc) is 2.96. The molecule has 1 aromatic heterocycles. The molecule has 0 aliphatic carbocycles. The van der Waals surface area contributed by atoms with Gasteiger partial charge in [0, 0.05) is 19.2 Å². The van der Waals surface area contributed by atoms with Crippen molar-refractivity contribution in [3.63, 3.8) is 0 Å². The molecule has 7 nitrogen and oxygen atoms in total. The minimum Gasteiger partial charge on any atom is -0.491 e. The van der Waals surface area contributed by atoms with Crippen molar-refractivity contribution in [2.75, 3.05) is 6.54 Å². The van der Waals surface area contributed by atoms with Gasteiger partial charge >= 0.3 is 0 Å². The molecule has 0 saturated heterocycles. The van der Waals surface area contributed by atoms with E-state index >= 15 is 0 Å². The zero-order chi connectivity index (χ0) is 20.5. The summed E-state index contributed by atoms with van der Waals surface area (Å²) >= 11 is 0. The fourth-order valence-corrected chi connectivity index (χ4v) is 2.65. The van der Waals surface area contributed by atoms with Crippen LogP contribution in [-0.4, -0.2) is 33.4 Å². The lowest BCUT2D eigenvalue weighted by atomic mass is 10.1. The number of benzene rings is 1. The summed E-state index contributed by atoms with van der Waals surface area (Å²) < 4.78 is 7.95. The Bertz CT molecular complexity index is 781. The highest BCUT2D eigenvalue weighted by atomic mass is 16.5. The van der Waals surface area contributed by atoms with Crippen LogP contribution in [0.25, 0.3) is 0 Å². The maximum Gasteiger partial charge on any atom is 0.191 e. The third-order valence-electron chi connectivity index (χ3n) is 4.41. The smallest absolute Gasteiger partial charge is 0.191 e. The van der Waals surface area contributed by atoms with Crippen LogP contribution in [0.5, 0.6) is 5.75 Å². The molecule has 2 rings (SSSR count). The van der Waals surface area contributed by atoms with Crippen molar-refractivity contribution in [2.45, 2.75) is 66.7 Å². The minimum absolute atomic E-state index is 0.129. The summed E-state index contributed by atoms with van der Waals surface area (Å²) in [6.45, 7) is 12.3. The summed E-state index contributed by atoms with van der Waals surface area (Å²) in [6, 6.07) is 6.26. The van der Waals surface area contributed by atoms with Gasteiger partial charge in [-0.05, 0) is 45.7 Å². The van der Waals surface area contributed by atoms with Crippen LogP contribution < -0.4 is 15.4 Å². The summed E-state index contributed by atoms with van der Waals surface area (Å²) in [5, 5.41) is 15.1. The van der Waals surface area contributed by atoms with E-state index in [2.05, 4.69) is 52.9 Å². The summed E-state index contributed by atoms with van der Waals surface area (Å²) in [6.07, 6.45) is 2.35. The summed E-state index contributed by atoms with van der Waals surface area (Å²) in [4.78, 5) is 4.77. The van der Waals surface area contributed by atoms with Gasteiger partial charge < -0.3 is 19.9 Å². The van der Waals surface area contributed by atoms with Crippen molar-refractivity contribution in [1.29, 1.82) is 0 Å². The Morgan fingerprint density at radius 2 is 2.00 bits per heavy atom. The van der Waals surface area contributed by atoms with Crippen molar-refractivity contribution < 1.29 is 4.74 Å². The highest BCUT2D eigenvalue weighted by molar-refractivity contribution is 5.79. The number of aliphatic imine (C=N–C) groups is 1. The second kappa shape index (κ2) is 10.7. The summed E-state index contributed by atoms with van der Waals surface area (Å²) in [5.74, 6) is 3.44. The van der Waals surface area contributed by atoms with E-state index in [-0.39, 0.29) is 6.10 Å². The van der Waals surface area contributed by atoms with Gasteiger partial charge in [-0.1, -0.05) is 25.5 Å². The van der Waals surface area contributed by atoms with Gasteiger partial charge in [0.1, 0.15) is 11.6 Å². The molecule has 0 fully saturated rings. The number of ether oxygens (including phenoxy) is 1. The number of rotatable bonds is 9. The van der Waals surface area contributed by atoms with Gasteiger partial charge in [-0.3, -0.25) is 0 Å². The molecule has 154 valence electrons. The normalized spacial score (nSPS) is 11.8. The molecular formula is C21H34N6O. The second-order valence-electron chi connectivity index (χ2n) is 7.30. The molecule has 0 aliphatic rings. The molecule has 28 heavy (non-hydrogen) atoms. The molecule has 0 atom stereocenters. The molecule has 1 heterocycles. The molecule has 0 amide bonds. The molecule has 0 radical (unpaired) electrons. The number of hydrogen-bond acceptors (Lipinski definition) is 4. The summed E-state index contributed by atoms with van der Waals surface area (Å²) in [5.41, 5.74) is 2.26. The first-order valence-corrected chi connectivity index (χ1v) is 10.0. The van der Waals surface area contributed by atoms with Crippen molar-refractivity contribution in [3.8, 4) is 5.75 Å². The van der Waals surface area contributed by atoms with Gasteiger partial charge in [-0.15, -0.1) is 10.2 Å². The molecule has 2 aromatic rings. The fourth-order valence-electron chi connectivity index (χ4n) is 2.65. The first-order chi connectivity index (χ1) is 13.4. The number of guanidine groups is 1. The van der Waals surface area contributed by atoms with E-state index in [1.165, 1.54) is 5.56 Å². The quantitative estimate of drug-likeness (QED) is 0.393. The van der Waals surface area contributed by atoms with Crippen molar-refractivity contribution >= 4 is 5.96 Å². The van der Waals surface area contributed by atoms with E-state index in [0.717, 1.165) is 48.3 Å². The van der Waals surface area contributed by atoms with E-state index in [1.807, 2.05) is 32.4 Å². The molecule has 0 saturated carbocycles. The van der Waals surface area contributed by atoms with E-state index in [0.29, 0.717) is 13.1 Å². The van der Waals surface area contributed by atoms with Crippen molar-refractivity contribution in [1.82, 2.24) is 25.4 Å². The number of aromatic nitrogens is 3. The molecule has 2 N–H and O–H groups in total. The zero-order valence-electron chi connectivity index (χ0n) is 18.0. The Hall–Kier alpha value is -2.57. The number of nitrogens with one attached hydrogen (secondary N) is 2. The Kier molecular flexibility index (Phi) is 8.29. The SMILES string of the molecule is CCCCNC(=NCc1ccc(C)cc1OC(C)C)NCc1nnc(C)n1C.